The van der Waals surface area contributed by atoms with Crippen LogP contribution in [0.1, 0.15) is 29.0 Å². The number of Topliss-reactive ketones (excluding diaryl/α,β-unsaturated/α-hetero) is 1. The van der Waals surface area contributed by atoms with E-state index in [2.05, 4.69) is 0 Å². The number of carbonyl (C=O) groups is 1. The molecule has 1 aromatic carbocycles. The summed E-state index contributed by atoms with van der Waals surface area (Å²) in [5.74, 6) is -0.219. The highest BCUT2D eigenvalue weighted by Gasteiger charge is 2.18. The number of rotatable bonds is 3. The lowest BCUT2D eigenvalue weighted by Crippen LogP contribution is -2.05. The molecule has 0 saturated heterocycles. The average molecular weight is 224 g/mol. The minimum atomic E-state index is -0.828. The third-order valence-corrected chi connectivity index (χ3v) is 2.64. The molecule has 1 unspecified atom stereocenters. The molecule has 1 N–H and O–H groups in total. The van der Waals surface area contributed by atoms with Gasteiger partial charge in [0.15, 0.2) is 5.78 Å². The van der Waals surface area contributed by atoms with Crippen LogP contribution in [0.4, 0.5) is 0 Å². The lowest BCUT2D eigenvalue weighted by molar-refractivity contribution is -0.116. The molecule has 0 aromatic heterocycles. The van der Waals surface area contributed by atoms with Crippen molar-refractivity contribution in [1.29, 1.82) is 5.26 Å². The lowest BCUT2D eigenvalue weighted by Gasteiger charge is -2.10. The topological polar surface area (TPSA) is 61.1 Å². The first-order valence-electron chi connectivity index (χ1n) is 4.39. The molecule has 78 valence electrons. The molecule has 1 rings (SSSR count). The maximum atomic E-state index is 11.1. The fraction of sp³-hybridized carbons (Fsp3) is 0.273. The van der Waals surface area contributed by atoms with E-state index in [0.29, 0.717) is 11.1 Å². The molecule has 0 heterocycles. The molecule has 0 fully saturated rings. The number of benzene rings is 1. The van der Waals surface area contributed by atoms with Crippen molar-refractivity contribution in [3.63, 3.8) is 0 Å². The molecule has 0 saturated carbocycles. The van der Waals surface area contributed by atoms with Crippen molar-refractivity contribution in [3.8, 4) is 6.07 Å². The van der Waals surface area contributed by atoms with Crippen LogP contribution >= 0.6 is 11.6 Å². The van der Waals surface area contributed by atoms with E-state index < -0.39 is 5.38 Å². The molecule has 0 radical (unpaired) electrons. The molecular formula is C11H10ClNO2. The number of ketones is 1. The van der Waals surface area contributed by atoms with Crippen LogP contribution in [-0.4, -0.2) is 10.9 Å². The van der Waals surface area contributed by atoms with Gasteiger partial charge in [0.25, 0.3) is 0 Å². The van der Waals surface area contributed by atoms with E-state index in [1.807, 2.05) is 6.07 Å². The largest absolute Gasteiger partial charge is 0.392 e. The summed E-state index contributed by atoms with van der Waals surface area (Å²) in [7, 11) is 0. The minimum Gasteiger partial charge on any atom is -0.392 e. The summed E-state index contributed by atoms with van der Waals surface area (Å²) in [5, 5.41) is 17.1. The smallest absolute Gasteiger partial charge is 0.152 e. The van der Waals surface area contributed by atoms with Crippen LogP contribution in [-0.2, 0) is 11.4 Å². The third kappa shape index (κ3) is 2.35. The molecule has 1 atom stereocenters. The van der Waals surface area contributed by atoms with Crippen LogP contribution in [0.2, 0.25) is 0 Å². The summed E-state index contributed by atoms with van der Waals surface area (Å²) in [4.78, 5) is 11.1. The Morgan fingerprint density at radius 3 is 2.80 bits per heavy atom. The quantitative estimate of drug-likeness (QED) is 0.797. The Labute approximate surface area is 92.9 Å². The highest BCUT2D eigenvalue weighted by atomic mass is 35.5. The number of halogens is 1. The van der Waals surface area contributed by atoms with Gasteiger partial charge in [0.05, 0.1) is 18.2 Å². The standard InChI is InChI=1S/C11H10ClNO2/c1-7(15)11(12)9-4-2-3-8(6-14)10(9)5-13/h2-4,11,14H,6H2,1H3. The number of hydrogen-bond donors (Lipinski definition) is 1. The summed E-state index contributed by atoms with van der Waals surface area (Å²) < 4.78 is 0. The van der Waals surface area contributed by atoms with Crippen LogP contribution in [0.25, 0.3) is 0 Å². The molecule has 15 heavy (non-hydrogen) atoms. The summed E-state index contributed by atoms with van der Waals surface area (Å²) in [6.45, 7) is 1.13. The average Bonchev–Trinajstić information content (AvgIpc) is 2.26. The van der Waals surface area contributed by atoms with Crippen molar-refractivity contribution >= 4 is 17.4 Å². The van der Waals surface area contributed by atoms with Gasteiger partial charge >= 0.3 is 0 Å². The number of aliphatic hydroxyl groups is 1. The zero-order valence-electron chi connectivity index (χ0n) is 8.20. The van der Waals surface area contributed by atoms with Crippen molar-refractivity contribution in [2.45, 2.75) is 18.9 Å². The summed E-state index contributed by atoms with van der Waals surface area (Å²) in [6.07, 6.45) is 0. The van der Waals surface area contributed by atoms with Crippen molar-refractivity contribution in [2.24, 2.45) is 0 Å². The first-order valence-corrected chi connectivity index (χ1v) is 4.82. The lowest BCUT2D eigenvalue weighted by atomic mass is 9.98. The second kappa shape index (κ2) is 4.92. The number of alkyl halides is 1. The van der Waals surface area contributed by atoms with Crippen molar-refractivity contribution in [2.75, 3.05) is 0 Å². The van der Waals surface area contributed by atoms with Gasteiger partial charge in [-0.2, -0.15) is 5.26 Å². The Kier molecular flexibility index (Phi) is 3.84. The van der Waals surface area contributed by atoms with E-state index in [1.54, 1.807) is 18.2 Å². The van der Waals surface area contributed by atoms with Gasteiger partial charge in [-0.15, -0.1) is 11.6 Å². The van der Waals surface area contributed by atoms with Gasteiger partial charge in [0, 0.05) is 0 Å². The maximum absolute atomic E-state index is 11.1. The van der Waals surface area contributed by atoms with Gasteiger partial charge in [-0.1, -0.05) is 18.2 Å². The van der Waals surface area contributed by atoms with E-state index in [1.165, 1.54) is 6.92 Å². The van der Waals surface area contributed by atoms with Crippen molar-refractivity contribution < 1.29 is 9.90 Å². The first kappa shape index (κ1) is 11.7. The Hall–Kier alpha value is -1.37. The molecule has 0 aliphatic heterocycles. The third-order valence-electron chi connectivity index (χ3n) is 2.10. The second-order valence-corrected chi connectivity index (χ2v) is 3.56. The van der Waals surface area contributed by atoms with Crippen LogP contribution in [0.3, 0.4) is 0 Å². The molecule has 0 spiro atoms. The maximum Gasteiger partial charge on any atom is 0.152 e. The van der Waals surface area contributed by atoms with E-state index in [-0.39, 0.29) is 18.0 Å². The number of hydrogen-bond acceptors (Lipinski definition) is 3. The van der Waals surface area contributed by atoms with E-state index in [0.717, 1.165) is 0 Å². The van der Waals surface area contributed by atoms with Crippen LogP contribution in [0.15, 0.2) is 18.2 Å². The Morgan fingerprint density at radius 1 is 1.67 bits per heavy atom. The Balaban J connectivity index is 3.30. The van der Waals surface area contributed by atoms with Crippen molar-refractivity contribution in [3.05, 3.63) is 34.9 Å². The molecular weight excluding hydrogens is 214 g/mol. The molecule has 0 amide bonds. The highest BCUT2D eigenvalue weighted by Crippen LogP contribution is 2.26. The van der Waals surface area contributed by atoms with Gasteiger partial charge in [-0.3, -0.25) is 4.79 Å². The van der Waals surface area contributed by atoms with Gasteiger partial charge in [0.1, 0.15) is 5.38 Å². The van der Waals surface area contributed by atoms with Crippen LogP contribution in [0.5, 0.6) is 0 Å². The van der Waals surface area contributed by atoms with Crippen LogP contribution in [0, 0.1) is 11.3 Å². The number of nitrogens with zero attached hydrogens (tertiary/aromatic N) is 1. The first-order chi connectivity index (χ1) is 7.11. The van der Waals surface area contributed by atoms with Gasteiger partial charge in [0.2, 0.25) is 0 Å². The summed E-state index contributed by atoms with van der Waals surface area (Å²) >= 11 is 5.87. The van der Waals surface area contributed by atoms with Gasteiger partial charge in [-0.25, -0.2) is 0 Å². The fourth-order valence-corrected chi connectivity index (χ4v) is 1.50. The van der Waals surface area contributed by atoms with E-state index in [9.17, 15) is 4.79 Å². The predicted molar refractivity (Wildman–Crippen MR) is 56.4 cm³/mol. The van der Waals surface area contributed by atoms with E-state index in [4.69, 9.17) is 22.0 Å². The Morgan fingerprint density at radius 2 is 2.33 bits per heavy atom. The minimum absolute atomic E-state index is 0.219. The van der Waals surface area contributed by atoms with Crippen molar-refractivity contribution in [1.82, 2.24) is 0 Å². The molecule has 0 aliphatic rings. The number of nitriles is 1. The predicted octanol–water partition coefficient (Wildman–Crippen LogP) is 1.92. The number of aliphatic hydroxyl groups excluding tert-OH is 1. The molecule has 0 aliphatic carbocycles. The fourth-order valence-electron chi connectivity index (χ4n) is 1.32. The zero-order chi connectivity index (χ0) is 11.4. The SMILES string of the molecule is CC(=O)C(Cl)c1cccc(CO)c1C#N. The van der Waals surface area contributed by atoms with Crippen LogP contribution < -0.4 is 0 Å². The zero-order valence-corrected chi connectivity index (χ0v) is 8.95. The number of carbonyl (C=O) groups excluding carboxylic acids is 1. The summed E-state index contributed by atoms with van der Waals surface area (Å²) in [6, 6.07) is 6.87. The van der Waals surface area contributed by atoms with Gasteiger partial charge in [-0.05, 0) is 18.1 Å². The van der Waals surface area contributed by atoms with Gasteiger partial charge < -0.3 is 5.11 Å². The monoisotopic (exact) mass is 223 g/mol. The molecule has 0 bridgehead atoms. The Bertz CT molecular complexity index is 423. The normalized spacial score (nSPS) is 11.9. The van der Waals surface area contributed by atoms with E-state index >= 15 is 0 Å². The second-order valence-electron chi connectivity index (χ2n) is 3.12. The highest BCUT2D eigenvalue weighted by molar-refractivity contribution is 6.31. The molecule has 4 heteroatoms. The molecule has 3 nitrogen and oxygen atoms in total. The summed E-state index contributed by atoms with van der Waals surface area (Å²) in [5.41, 5.74) is 1.23. The molecule has 1 aromatic rings.